The van der Waals surface area contributed by atoms with Gasteiger partial charge in [0.2, 0.25) is 10.0 Å². The minimum absolute atomic E-state index is 0.0297. The van der Waals surface area contributed by atoms with E-state index in [0.717, 1.165) is 10.9 Å². The van der Waals surface area contributed by atoms with E-state index in [0.29, 0.717) is 37.2 Å². The second-order valence-electron chi connectivity index (χ2n) is 7.14. The second-order valence-corrected chi connectivity index (χ2v) is 8.86. The molecule has 2 N–H and O–H groups in total. The molecule has 0 bridgehead atoms. The number of aromatic nitrogens is 1. The lowest BCUT2D eigenvalue weighted by Gasteiger charge is -2.32. The number of carbonyl (C=O) groups is 1. The third-order valence-electron chi connectivity index (χ3n) is 5.28. The number of nitrogens with one attached hydrogen (secondary N) is 2. The Morgan fingerprint density at radius 3 is 2.52 bits per heavy atom. The third kappa shape index (κ3) is 4.13. The highest BCUT2D eigenvalue weighted by Gasteiger charge is 2.27. The molecule has 2 heterocycles. The summed E-state index contributed by atoms with van der Waals surface area (Å²) in [5, 5.41) is 1.06. The molecule has 2 aromatic carbocycles. The zero-order valence-corrected chi connectivity index (χ0v) is 16.9. The number of amides is 1. The average Bonchev–Trinajstić information content (AvgIpc) is 3.21. The van der Waals surface area contributed by atoms with E-state index in [9.17, 15) is 13.2 Å². The van der Waals surface area contributed by atoms with E-state index in [1.807, 2.05) is 30.5 Å². The topological polar surface area (TPSA) is 91.5 Å². The number of methoxy groups -OCH3 is 1. The molecular formula is C21H23N3O4S. The Kier molecular flexibility index (Phi) is 5.29. The molecule has 1 aromatic heterocycles. The number of carbonyl (C=O) groups excluding carboxylic acids is 1. The van der Waals surface area contributed by atoms with Gasteiger partial charge in [0.05, 0.1) is 12.0 Å². The van der Waals surface area contributed by atoms with Gasteiger partial charge in [-0.3, -0.25) is 4.79 Å². The molecule has 4 rings (SSSR count). The summed E-state index contributed by atoms with van der Waals surface area (Å²) >= 11 is 0. The Morgan fingerprint density at radius 1 is 1.10 bits per heavy atom. The van der Waals surface area contributed by atoms with E-state index in [1.54, 1.807) is 17.0 Å². The lowest BCUT2D eigenvalue weighted by molar-refractivity contribution is 0.0711. The van der Waals surface area contributed by atoms with Crippen LogP contribution in [0.25, 0.3) is 10.9 Å². The molecule has 0 saturated carbocycles. The number of H-pyrrole nitrogens is 1. The van der Waals surface area contributed by atoms with Crippen LogP contribution in [0.5, 0.6) is 5.75 Å². The first-order valence-corrected chi connectivity index (χ1v) is 11.0. The highest BCUT2D eigenvalue weighted by atomic mass is 32.2. The molecular weight excluding hydrogens is 390 g/mol. The van der Waals surface area contributed by atoms with Crippen molar-refractivity contribution in [2.75, 3.05) is 20.2 Å². The monoisotopic (exact) mass is 413 g/mol. The first-order chi connectivity index (χ1) is 14.0. The molecule has 29 heavy (non-hydrogen) atoms. The van der Waals surface area contributed by atoms with E-state index in [-0.39, 0.29) is 16.8 Å². The fourth-order valence-electron chi connectivity index (χ4n) is 3.61. The summed E-state index contributed by atoms with van der Waals surface area (Å²) in [5.41, 5.74) is 1.57. The Labute approximate surface area is 169 Å². The fraction of sp³-hybridized carbons (Fsp3) is 0.286. The van der Waals surface area contributed by atoms with Crippen LogP contribution in [-0.2, 0) is 10.0 Å². The van der Waals surface area contributed by atoms with Gasteiger partial charge in [0.15, 0.2) is 0 Å². The number of nitrogens with zero attached hydrogens (tertiary/aromatic N) is 1. The number of sulfonamides is 1. The number of ether oxygens (including phenoxy) is 1. The molecule has 1 amide bonds. The number of likely N-dealkylation sites (tertiary alicyclic amines) is 1. The Balaban J connectivity index is 1.37. The Morgan fingerprint density at radius 2 is 1.83 bits per heavy atom. The normalized spacial score (nSPS) is 15.6. The lowest BCUT2D eigenvalue weighted by atomic mass is 10.0. The SMILES string of the molecule is COc1ccc(S(=O)(=O)NC2CCN(C(=O)c3ccc4cc[nH]c4c3)CC2)cc1. The van der Waals surface area contributed by atoms with Gasteiger partial charge >= 0.3 is 0 Å². The molecule has 152 valence electrons. The van der Waals surface area contributed by atoms with Crippen LogP contribution in [0.1, 0.15) is 23.2 Å². The van der Waals surface area contributed by atoms with E-state index < -0.39 is 10.0 Å². The van der Waals surface area contributed by atoms with Crippen LogP contribution in [0.2, 0.25) is 0 Å². The predicted molar refractivity (Wildman–Crippen MR) is 111 cm³/mol. The van der Waals surface area contributed by atoms with Crippen LogP contribution in [-0.4, -0.2) is 50.5 Å². The molecule has 0 unspecified atom stereocenters. The number of hydrogen-bond donors (Lipinski definition) is 2. The molecule has 0 spiro atoms. The predicted octanol–water partition coefficient (Wildman–Crippen LogP) is 2.76. The van der Waals surface area contributed by atoms with E-state index in [1.165, 1.54) is 19.2 Å². The number of rotatable bonds is 5. The van der Waals surface area contributed by atoms with Gasteiger partial charge in [0, 0.05) is 36.4 Å². The van der Waals surface area contributed by atoms with Gasteiger partial charge in [-0.15, -0.1) is 0 Å². The van der Waals surface area contributed by atoms with Gasteiger partial charge in [-0.2, -0.15) is 0 Å². The Bertz CT molecular complexity index is 1110. The van der Waals surface area contributed by atoms with Crippen molar-refractivity contribution in [1.29, 1.82) is 0 Å². The molecule has 1 saturated heterocycles. The molecule has 8 heteroatoms. The highest BCUT2D eigenvalue weighted by molar-refractivity contribution is 7.89. The van der Waals surface area contributed by atoms with Crippen LogP contribution < -0.4 is 9.46 Å². The Hall–Kier alpha value is -2.84. The van der Waals surface area contributed by atoms with Gasteiger partial charge in [-0.1, -0.05) is 6.07 Å². The minimum Gasteiger partial charge on any atom is -0.497 e. The summed E-state index contributed by atoms with van der Waals surface area (Å²) in [5.74, 6) is 0.575. The van der Waals surface area contributed by atoms with Gasteiger partial charge in [0.25, 0.3) is 5.91 Å². The zero-order valence-electron chi connectivity index (χ0n) is 16.1. The maximum atomic E-state index is 12.8. The van der Waals surface area contributed by atoms with Crippen molar-refractivity contribution in [3.63, 3.8) is 0 Å². The standard InChI is InChI=1S/C21H23N3O4S/c1-28-18-4-6-19(7-5-18)29(26,27)23-17-9-12-24(13-10-17)21(25)16-3-2-15-8-11-22-20(15)14-16/h2-8,11,14,17,22-23H,9-10,12-13H2,1H3. The average molecular weight is 413 g/mol. The number of aromatic amines is 1. The van der Waals surface area contributed by atoms with Crippen molar-refractivity contribution in [1.82, 2.24) is 14.6 Å². The summed E-state index contributed by atoms with van der Waals surface area (Å²) in [6, 6.07) is 13.7. The molecule has 0 atom stereocenters. The zero-order chi connectivity index (χ0) is 20.4. The number of hydrogen-bond acceptors (Lipinski definition) is 4. The van der Waals surface area contributed by atoms with E-state index in [4.69, 9.17) is 4.74 Å². The van der Waals surface area contributed by atoms with Crippen LogP contribution >= 0.6 is 0 Å². The smallest absolute Gasteiger partial charge is 0.253 e. The summed E-state index contributed by atoms with van der Waals surface area (Å²) in [7, 11) is -2.07. The van der Waals surface area contributed by atoms with Gasteiger partial charge in [0.1, 0.15) is 5.75 Å². The van der Waals surface area contributed by atoms with Crippen LogP contribution in [0.15, 0.2) is 59.6 Å². The maximum absolute atomic E-state index is 12.8. The highest BCUT2D eigenvalue weighted by Crippen LogP contribution is 2.20. The van der Waals surface area contributed by atoms with Gasteiger partial charge < -0.3 is 14.6 Å². The summed E-state index contributed by atoms with van der Waals surface area (Å²) in [4.78, 5) is 17.9. The minimum atomic E-state index is -3.61. The van der Waals surface area contributed by atoms with Crippen molar-refractivity contribution >= 4 is 26.8 Å². The number of fused-ring (bicyclic) bond motifs is 1. The number of benzene rings is 2. The first kappa shape index (κ1) is 19.5. The van der Waals surface area contributed by atoms with Crippen LogP contribution in [0.3, 0.4) is 0 Å². The molecule has 3 aromatic rings. The molecule has 1 fully saturated rings. The maximum Gasteiger partial charge on any atom is 0.253 e. The van der Waals surface area contributed by atoms with Crippen LogP contribution in [0.4, 0.5) is 0 Å². The molecule has 0 radical (unpaired) electrons. The third-order valence-corrected chi connectivity index (χ3v) is 6.81. The second kappa shape index (κ2) is 7.88. The fourth-order valence-corrected chi connectivity index (χ4v) is 4.91. The number of piperidine rings is 1. The summed E-state index contributed by atoms with van der Waals surface area (Å²) < 4.78 is 33.0. The van der Waals surface area contributed by atoms with Gasteiger partial charge in [-0.05, 0) is 60.7 Å². The summed E-state index contributed by atoms with van der Waals surface area (Å²) in [6.07, 6.45) is 3.00. The molecule has 1 aliphatic heterocycles. The van der Waals surface area contributed by atoms with Gasteiger partial charge in [-0.25, -0.2) is 13.1 Å². The van der Waals surface area contributed by atoms with E-state index >= 15 is 0 Å². The van der Waals surface area contributed by atoms with Crippen molar-refractivity contribution in [2.24, 2.45) is 0 Å². The van der Waals surface area contributed by atoms with Crippen LogP contribution in [0, 0.1) is 0 Å². The largest absolute Gasteiger partial charge is 0.497 e. The quantitative estimate of drug-likeness (QED) is 0.673. The first-order valence-electron chi connectivity index (χ1n) is 9.49. The van der Waals surface area contributed by atoms with Crippen molar-refractivity contribution in [3.05, 3.63) is 60.3 Å². The van der Waals surface area contributed by atoms with Crippen molar-refractivity contribution in [3.8, 4) is 5.75 Å². The molecule has 1 aliphatic rings. The van der Waals surface area contributed by atoms with E-state index in [2.05, 4.69) is 9.71 Å². The molecule has 7 nitrogen and oxygen atoms in total. The van der Waals surface area contributed by atoms with Crippen molar-refractivity contribution < 1.29 is 17.9 Å². The van der Waals surface area contributed by atoms with Crippen molar-refractivity contribution in [2.45, 2.75) is 23.8 Å². The lowest BCUT2D eigenvalue weighted by Crippen LogP contribution is -2.46. The molecule has 0 aliphatic carbocycles. The summed E-state index contributed by atoms with van der Waals surface area (Å²) in [6.45, 7) is 1.02.